The molecule has 0 heterocycles. The van der Waals surface area contributed by atoms with E-state index >= 15 is 0 Å². The van der Waals surface area contributed by atoms with Crippen LogP contribution in [0.15, 0.2) is 18.2 Å². The van der Waals surface area contributed by atoms with Gasteiger partial charge in [-0.2, -0.15) is 0 Å². The van der Waals surface area contributed by atoms with E-state index in [9.17, 15) is 0 Å². The topological polar surface area (TPSA) is 0 Å². The Morgan fingerprint density at radius 2 is 1.19 bits per heavy atom. The van der Waals surface area contributed by atoms with E-state index in [1.165, 1.54) is 69.8 Å². The zero-order valence-electron chi connectivity index (χ0n) is 14.6. The summed E-state index contributed by atoms with van der Waals surface area (Å²) in [7, 11) is 0. The Bertz CT molecular complexity index is 334. The molecule has 21 heavy (non-hydrogen) atoms. The predicted octanol–water partition coefficient (Wildman–Crippen LogP) is 6.89. The van der Waals surface area contributed by atoms with Crippen molar-refractivity contribution in [2.45, 2.75) is 91.4 Å². The SMILES string of the molecule is CC[CH]c1cc(CCCCCC)cc(CCCCCC)c1. The molecule has 0 aliphatic heterocycles. The van der Waals surface area contributed by atoms with E-state index in [0.29, 0.717) is 0 Å². The lowest BCUT2D eigenvalue weighted by Crippen LogP contribution is -1.94. The van der Waals surface area contributed by atoms with Crippen LogP contribution in [0.1, 0.15) is 95.2 Å². The van der Waals surface area contributed by atoms with Crippen molar-refractivity contribution in [1.29, 1.82) is 0 Å². The summed E-state index contributed by atoms with van der Waals surface area (Å²) in [6, 6.07) is 7.28. The molecule has 0 aliphatic rings. The van der Waals surface area contributed by atoms with Crippen LogP contribution in [-0.4, -0.2) is 0 Å². The molecule has 0 amide bonds. The molecule has 0 fully saturated rings. The summed E-state index contributed by atoms with van der Waals surface area (Å²) < 4.78 is 0. The van der Waals surface area contributed by atoms with E-state index in [1.54, 1.807) is 11.1 Å². The highest BCUT2D eigenvalue weighted by Crippen LogP contribution is 2.18. The summed E-state index contributed by atoms with van der Waals surface area (Å²) >= 11 is 0. The van der Waals surface area contributed by atoms with Crippen LogP contribution >= 0.6 is 0 Å². The van der Waals surface area contributed by atoms with E-state index < -0.39 is 0 Å². The molecular formula is C21H35. The fourth-order valence-electron chi connectivity index (χ4n) is 2.95. The average Bonchev–Trinajstić information content (AvgIpc) is 2.48. The van der Waals surface area contributed by atoms with E-state index in [4.69, 9.17) is 0 Å². The number of benzene rings is 1. The Balaban J connectivity index is 2.56. The van der Waals surface area contributed by atoms with Crippen molar-refractivity contribution < 1.29 is 0 Å². The van der Waals surface area contributed by atoms with Gasteiger partial charge < -0.3 is 0 Å². The van der Waals surface area contributed by atoms with Gasteiger partial charge in [-0.3, -0.25) is 0 Å². The van der Waals surface area contributed by atoms with Gasteiger partial charge in [0.1, 0.15) is 0 Å². The van der Waals surface area contributed by atoms with Crippen LogP contribution in [0, 0.1) is 6.42 Å². The van der Waals surface area contributed by atoms with E-state index in [-0.39, 0.29) is 0 Å². The van der Waals surface area contributed by atoms with Gasteiger partial charge in [0, 0.05) is 0 Å². The van der Waals surface area contributed by atoms with Crippen molar-refractivity contribution in [3.05, 3.63) is 41.3 Å². The average molecular weight is 288 g/mol. The molecule has 0 N–H and O–H groups in total. The van der Waals surface area contributed by atoms with E-state index in [0.717, 1.165) is 6.42 Å². The first-order valence-corrected chi connectivity index (χ1v) is 9.26. The second-order valence-electron chi connectivity index (χ2n) is 6.32. The Kier molecular flexibility index (Phi) is 10.3. The van der Waals surface area contributed by atoms with Crippen LogP contribution in [0.25, 0.3) is 0 Å². The largest absolute Gasteiger partial charge is 0.0654 e. The third-order valence-corrected chi connectivity index (χ3v) is 4.15. The minimum absolute atomic E-state index is 1.13. The lowest BCUT2D eigenvalue weighted by molar-refractivity contribution is 0.661. The molecule has 1 radical (unpaired) electrons. The van der Waals surface area contributed by atoms with Crippen molar-refractivity contribution in [3.8, 4) is 0 Å². The van der Waals surface area contributed by atoms with Crippen molar-refractivity contribution >= 4 is 0 Å². The smallest absolute Gasteiger partial charge is 0.00956 e. The maximum absolute atomic E-state index is 2.46. The van der Waals surface area contributed by atoms with Crippen LogP contribution in [0.4, 0.5) is 0 Å². The standard InChI is InChI=1S/C21H35/c1-4-7-9-11-14-20-16-19(13-6-3)17-21(18-20)15-12-10-8-5-2/h13,16-18H,4-12,14-15H2,1-3H3. The molecule has 0 aliphatic carbocycles. The fraction of sp³-hybridized carbons (Fsp3) is 0.667. The minimum Gasteiger partial charge on any atom is -0.0654 e. The van der Waals surface area contributed by atoms with Crippen molar-refractivity contribution in [3.63, 3.8) is 0 Å². The number of aryl methyl sites for hydroxylation is 2. The highest BCUT2D eigenvalue weighted by Gasteiger charge is 2.02. The molecule has 0 heteroatoms. The molecule has 0 spiro atoms. The summed E-state index contributed by atoms with van der Waals surface area (Å²) in [6.07, 6.45) is 16.9. The normalized spacial score (nSPS) is 11.0. The molecule has 0 unspecified atom stereocenters. The van der Waals surface area contributed by atoms with Crippen LogP contribution in [0.5, 0.6) is 0 Å². The number of unbranched alkanes of at least 4 members (excludes halogenated alkanes) is 6. The van der Waals surface area contributed by atoms with E-state index in [1.807, 2.05) is 0 Å². The highest BCUT2D eigenvalue weighted by molar-refractivity contribution is 5.34. The first-order chi connectivity index (χ1) is 10.3. The second kappa shape index (κ2) is 11.8. The fourth-order valence-corrected chi connectivity index (χ4v) is 2.95. The van der Waals surface area contributed by atoms with Gasteiger partial charge in [-0.25, -0.2) is 0 Å². The molecule has 1 aromatic carbocycles. The maximum Gasteiger partial charge on any atom is -0.00956 e. The second-order valence-corrected chi connectivity index (χ2v) is 6.32. The summed E-state index contributed by atoms with van der Waals surface area (Å²) in [5.74, 6) is 0. The summed E-state index contributed by atoms with van der Waals surface area (Å²) in [6.45, 7) is 6.80. The monoisotopic (exact) mass is 287 g/mol. The molecule has 119 valence electrons. The summed E-state index contributed by atoms with van der Waals surface area (Å²) in [4.78, 5) is 0. The molecule has 1 aromatic rings. The van der Waals surface area contributed by atoms with Crippen LogP contribution in [0.2, 0.25) is 0 Å². The Morgan fingerprint density at radius 1 is 0.667 bits per heavy atom. The van der Waals surface area contributed by atoms with Gasteiger partial charge in [0.2, 0.25) is 0 Å². The van der Waals surface area contributed by atoms with Gasteiger partial charge in [-0.05, 0) is 55.2 Å². The van der Waals surface area contributed by atoms with Crippen LogP contribution in [-0.2, 0) is 12.8 Å². The molecule has 0 nitrogen and oxygen atoms in total. The van der Waals surface area contributed by atoms with Gasteiger partial charge >= 0.3 is 0 Å². The summed E-state index contributed by atoms with van der Waals surface area (Å²) in [5, 5.41) is 0. The lowest BCUT2D eigenvalue weighted by Gasteiger charge is -2.10. The summed E-state index contributed by atoms with van der Waals surface area (Å²) in [5.41, 5.74) is 4.55. The Morgan fingerprint density at radius 3 is 1.62 bits per heavy atom. The third-order valence-electron chi connectivity index (χ3n) is 4.15. The number of rotatable bonds is 12. The van der Waals surface area contributed by atoms with Gasteiger partial charge in [0.05, 0.1) is 0 Å². The molecule has 0 bridgehead atoms. The third kappa shape index (κ3) is 8.29. The van der Waals surface area contributed by atoms with Gasteiger partial charge in [-0.1, -0.05) is 77.5 Å². The van der Waals surface area contributed by atoms with Crippen molar-refractivity contribution in [2.24, 2.45) is 0 Å². The van der Waals surface area contributed by atoms with Crippen molar-refractivity contribution in [2.75, 3.05) is 0 Å². The molecule has 1 rings (SSSR count). The predicted molar refractivity (Wildman–Crippen MR) is 95.8 cm³/mol. The first-order valence-electron chi connectivity index (χ1n) is 9.26. The number of hydrogen-bond donors (Lipinski definition) is 0. The van der Waals surface area contributed by atoms with Crippen LogP contribution in [0.3, 0.4) is 0 Å². The van der Waals surface area contributed by atoms with Gasteiger partial charge in [0.25, 0.3) is 0 Å². The maximum atomic E-state index is 2.46. The first kappa shape index (κ1) is 18.3. The number of hydrogen-bond acceptors (Lipinski definition) is 0. The zero-order chi connectivity index (χ0) is 15.3. The van der Waals surface area contributed by atoms with E-state index in [2.05, 4.69) is 45.4 Å². The molecule has 0 saturated heterocycles. The highest BCUT2D eigenvalue weighted by atomic mass is 14.1. The Labute approximate surface area is 133 Å². The molecular weight excluding hydrogens is 252 g/mol. The minimum atomic E-state index is 1.13. The van der Waals surface area contributed by atoms with Crippen LogP contribution < -0.4 is 0 Å². The van der Waals surface area contributed by atoms with Gasteiger partial charge in [0.15, 0.2) is 0 Å². The molecule has 0 atom stereocenters. The van der Waals surface area contributed by atoms with Gasteiger partial charge in [-0.15, -0.1) is 0 Å². The lowest BCUT2D eigenvalue weighted by atomic mass is 9.96. The zero-order valence-corrected chi connectivity index (χ0v) is 14.6. The molecule has 0 saturated carbocycles. The Hall–Kier alpha value is -0.780. The van der Waals surface area contributed by atoms with Crippen molar-refractivity contribution in [1.82, 2.24) is 0 Å². The quantitative estimate of drug-likeness (QED) is 0.367. The molecule has 0 aromatic heterocycles.